The summed E-state index contributed by atoms with van der Waals surface area (Å²) in [5.41, 5.74) is 5.21. The fraction of sp³-hybridized carbons (Fsp3) is 0.417. The molecule has 0 heterocycles. The second-order valence-corrected chi connectivity index (χ2v) is 9.76. The number of fused-ring (bicyclic) bond motifs is 5. The van der Waals surface area contributed by atoms with Gasteiger partial charge in [-0.2, -0.15) is 0 Å². The van der Waals surface area contributed by atoms with Gasteiger partial charge in [-0.25, -0.2) is 0 Å². The molecule has 3 aliphatic rings. The summed E-state index contributed by atoms with van der Waals surface area (Å²) in [6, 6.07) is 9.19. The topological polar surface area (TPSA) is 0 Å². The first-order valence-corrected chi connectivity index (χ1v) is 10.9. The molecule has 0 N–H and O–H groups in total. The second-order valence-electron chi connectivity index (χ2n) is 8.16. The van der Waals surface area contributed by atoms with Crippen LogP contribution < -0.4 is 0 Å². The molecule has 4 rings (SSSR count). The summed E-state index contributed by atoms with van der Waals surface area (Å²) in [4.78, 5) is 0. The molecule has 0 aromatic heterocycles. The van der Waals surface area contributed by atoms with Crippen molar-refractivity contribution < 1.29 is 0 Å². The van der Waals surface area contributed by atoms with Gasteiger partial charge in [0.1, 0.15) is 0 Å². The van der Waals surface area contributed by atoms with Crippen LogP contribution in [0.15, 0.2) is 66.3 Å². The molecule has 25 heavy (non-hydrogen) atoms. The van der Waals surface area contributed by atoms with Crippen LogP contribution in [0.1, 0.15) is 51.7 Å². The number of hydrogen-bond acceptors (Lipinski definition) is 0. The summed E-state index contributed by atoms with van der Waals surface area (Å²) in [6.07, 6.45) is 17.8. The summed E-state index contributed by atoms with van der Waals surface area (Å²) in [6.45, 7) is 9.69. The van der Waals surface area contributed by atoms with E-state index in [1.165, 1.54) is 29.0 Å². The molecule has 1 heteroatoms. The zero-order valence-corrected chi connectivity index (χ0v) is 16.9. The Hall–Kier alpha value is -1.39. The van der Waals surface area contributed by atoms with Gasteiger partial charge in [0.15, 0.2) is 0 Å². The van der Waals surface area contributed by atoms with E-state index in [1.54, 1.807) is 5.56 Å². The normalized spacial score (nSPS) is 40.0. The third kappa shape index (κ3) is 2.16. The van der Waals surface area contributed by atoms with Gasteiger partial charge < -0.3 is 0 Å². The van der Waals surface area contributed by atoms with Gasteiger partial charge in [-0.1, -0.05) is 97.0 Å². The Bertz CT molecular complexity index is 824. The van der Waals surface area contributed by atoms with Gasteiger partial charge in [0.25, 0.3) is 0 Å². The Balaban J connectivity index is 2.01. The van der Waals surface area contributed by atoms with Crippen LogP contribution in [0.5, 0.6) is 0 Å². The fourth-order valence-corrected chi connectivity index (χ4v) is 6.55. The Morgan fingerprint density at radius 3 is 2.60 bits per heavy atom. The lowest BCUT2D eigenvalue weighted by atomic mass is 9.61. The maximum atomic E-state index is 2.53. The molecule has 1 saturated carbocycles. The Morgan fingerprint density at radius 2 is 1.84 bits per heavy atom. The van der Waals surface area contributed by atoms with Crippen molar-refractivity contribution >= 4 is 13.9 Å². The Labute approximate surface area is 154 Å². The van der Waals surface area contributed by atoms with Crippen molar-refractivity contribution in [1.82, 2.24) is 0 Å². The molecule has 130 valence electrons. The van der Waals surface area contributed by atoms with Crippen LogP contribution in [-0.4, -0.2) is 6.16 Å². The predicted octanol–water partition coefficient (Wildman–Crippen LogP) is 6.86. The van der Waals surface area contributed by atoms with E-state index in [0.29, 0.717) is 0 Å². The second kappa shape index (κ2) is 5.82. The van der Waals surface area contributed by atoms with Crippen LogP contribution in [-0.2, 0) is 5.41 Å². The van der Waals surface area contributed by atoms with Gasteiger partial charge in [0.2, 0.25) is 0 Å². The Morgan fingerprint density at radius 1 is 1.04 bits per heavy atom. The molecule has 1 aromatic rings. The molecule has 4 atom stereocenters. The van der Waals surface area contributed by atoms with Gasteiger partial charge in [-0.05, 0) is 46.4 Å². The molecule has 0 spiro atoms. The van der Waals surface area contributed by atoms with Gasteiger partial charge in [0.05, 0.1) is 0 Å². The van der Waals surface area contributed by atoms with Crippen LogP contribution in [0.4, 0.5) is 0 Å². The highest BCUT2D eigenvalue weighted by atomic mass is 31.1. The van der Waals surface area contributed by atoms with E-state index in [9.17, 15) is 0 Å². The van der Waals surface area contributed by atoms with E-state index in [1.807, 2.05) is 0 Å². The third-order valence-corrected chi connectivity index (χ3v) is 8.40. The van der Waals surface area contributed by atoms with E-state index in [-0.39, 0.29) is 16.2 Å². The van der Waals surface area contributed by atoms with Crippen molar-refractivity contribution in [3.05, 3.63) is 77.4 Å². The number of benzene rings is 1. The predicted molar refractivity (Wildman–Crippen MR) is 112 cm³/mol. The highest BCUT2D eigenvalue weighted by Gasteiger charge is 2.70. The van der Waals surface area contributed by atoms with Crippen molar-refractivity contribution in [2.45, 2.75) is 46.0 Å². The summed E-state index contributed by atoms with van der Waals surface area (Å²) in [5.74, 6) is 0. The minimum atomic E-state index is 0.144. The van der Waals surface area contributed by atoms with Crippen LogP contribution in [0.3, 0.4) is 0 Å². The molecule has 0 radical (unpaired) electrons. The summed E-state index contributed by atoms with van der Waals surface area (Å²) in [5, 5.41) is 1.52. The van der Waals surface area contributed by atoms with Crippen molar-refractivity contribution in [2.75, 3.05) is 6.16 Å². The Kier molecular flexibility index (Phi) is 3.97. The van der Waals surface area contributed by atoms with Crippen LogP contribution in [0, 0.1) is 10.8 Å². The van der Waals surface area contributed by atoms with Crippen molar-refractivity contribution in [1.29, 1.82) is 0 Å². The monoisotopic (exact) mass is 348 g/mol. The summed E-state index contributed by atoms with van der Waals surface area (Å²) >= 11 is 0. The SMILES string of the molecule is CCP/C1=C\C=C2\C=CC=CC2(CC)C2(C)CC2(C)c2ccccc21. The van der Waals surface area contributed by atoms with Gasteiger partial charge >= 0.3 is 0 Å². The van der Waals surface area contributed by atoms with Gasteiger partial charge in [-0.15, -0.1) is 0 Å². The van der Waals surface area contributed by atoms with E-state index in [0.717, 1.165) is 15.0 Å². The van der Waals surface area contributed by atoms with Crippen molar-refractivity contribution in [3.63, 3.8) is 0 Å². The average molecular weight is 348 g/mol. The molecule has 0 amide bonds. The van der Waals surface area contributed by atoms with E-state index >= 15 is 0 Å². The van der Waals surface area contributed by atoms with E-state index in [2.05, 4.69) is 88.4 Å². The molecule has 0 bridgehead atoms. The van der Waals surface area contributed by atoms with Gasteiger partial charge in [0, 0.05) is 10.8 Å². The first-order valence-electron chi connectivity index (χ1n) is 9.64. The highest BCUT2D eigenvalue weighted by Crippen LogP contribution is 2.76. The largest absolute Gasteiger partial charge is 0.0900 e. The van der Waals surface area contributed by atoms with Crippen molar-refractivity contribution in [3.8, 4) is 0 Å². The average Bonchev–Trinajstić information content (AvgIpc) is 3.22. The maximum absolute atomic E-state index is 2.53. The molecular weight excluding hydrogens is 319 g/mol. The highest BCUT2D eigenvalue weighted by molar-refractivity contribution is 7.50. The smallest absolute Gasteiger partial charge is 0.0195 e. The van der Waals surface area contributed by atoms with Crippen LogP contribution in [0.2, 0.25) is 0 Å². The molecular formula is C24H29P. The summed E-state index contributed by atoms with van der Waals surface area (Å²) in [7, 11) is 0.872. The molecule has 1 aromatic carbocycles. The number of hydrogen-bond donors (Lipinski definition) is 0. The lowest BCUT2D eigenvalue weighted by Crippen LogP contribution is -2.35. The summed E-state index contributed by atoms with van der Waals surface area (Å²) < 4.78 is 0. The maximum Gasteiger partial charge on any atom is 0.0195 e. The lowest BCUT2D eigenvalue weighted by Gasteiger charge is -2.42. The first kappa shape index (κ1) is 17.0. The molecule has 4 unspecified atom stereocenters. The minimum Gasteiger partial charge on any atom is -0.0900 e. The van der Waals surface area contributed by atoms with E-state index in [4.69, 9.17) is 0 Å². The van der Waals surface area contributed by atoms with Crippen LogP contribution >= 0.6 is 8.58 Å². The van der Waals surface area contributed by atoms with E-state index < -0.39 is 0 Å². The third-order valence-electron chi connectivity index (χ3n) is 7.23. The fourth-order valence-electron chi connectivity index (χ4n) is 5.55. The van der Waals surface area contributed by atoms with Crippen molar-refractivity contribution in [2.24, 2.45) is 10.8 Å². The molecule has 0 saturated heterocycles. The number of rotatable bonds is 3. The molecule has 1 fully saturated rings. The standard InChI is InChI=1S/C24H29P/c1-5-24-16-10-9-11-18(24)14-15-21(25-6-2)19-12-7-8-13-20(19)22(3)17-23(22,24)4/h7-16,25H,5-6,17H2,1-4H3/b18-14-,21-15-. The van der Waals surface area contributed by atoms with Crippen LogP contribution in [0.25, 0.3) is 5.31 Å². The minimum absolute atomic E-state index is 0.144. The number of allylic oxidation sites excluding steroid dienone is 7. The zero-order valence-electron chi connectivity index (χ0n) is 15.9. The molecule has 0 nitrogen and oxygen atoms in total. The molecule has 0 aliphatic heterocycles. The lowest BCUT2D eigenvalue weighted by molar-refractivity contribution is 0.236. The quantitative estimate of drug-likeness (QED) is 0.524. The first-order chi connectivity index (χ1) is 12.0. The zero-order chi connectivity index (χ0) is 17.7. The van der Waals surface area contributed by atoms with Gasteiger partial charge in [-0.3, -0.25) is 0 Å². The molecule has 3 aliphatic carbocycles.